The van der Waals surface area contributed by atoms with E-state index in [1.54, 1.807) is 11.7 Å². The Morgan fingerprint density at radius 1 is 1.47 bits per heavy atom. The molecule has 0 saturated carbocycles. The molecule has 2 N–H and O–H groups in total. The van der Waals surface area contributed by atoms with Crippen molar-refractivity contribution in [2.24, 2.45) is 7.05 Å². The van der Waals surface area contributed by atoms with Crippen LogP contribution in [0.2, 0.25) is 0 Å². The first-order chi connectivity index (χ1) is 8.25. The van der Waals surface area contributed by atoms with Crippen molar-refractivity contribution in [2.75, 3.05) is 13.6 Å². The summed E-state index contributed by atoms with van der Waals surface area (Å²) in [6.45, 7) is 8.87. The maximum atomic E-state index is 12.0. The lowest BCUT2D eigenvalue weighted by atomic mass is 9.92. The number of hydrogen-bond acceptors (Lipinski definition) is 3. The smallest absolute Gasteiger partial charge is 0.269 e. The van der Waals surface area contributed by atoms with Gasteiger partial charge < -0.3 is 10.6 Å². The molecule has 19 heavy (non-hydrogen) atoms. The van der Waals surface area contributed by atoms with Gasteiger partial charge in [0.1, 0.15) is 5.69 Å². The predicted molar refractivity (Wildman–Crippen MR) is 80.0 cm³/mol. The third-order valence-electron chi connectivity index (χ3n) is 2.94. The highest BCUT2D eigenvalue weighted by Gasteiger charge is 2.21. The predicted octanol–water partition coefficient (Wildman–Crippen LogP) is 1.48. The largest absolute Gasteiger partial charge is 0.349 e. The molecule has 1 atom stereocenters. The molecule has 0 bridgehead atoms. The summed E-state index contributed by atoms with van der Waals surface area (Å²) in [7, 11) is 3.67. The van der Waals surface area contributed by atoms with E-state index in [0.29, 0.717) is 12.2 Å². The monoisotopic (exact) mass is 288 g/mol. The lowest BCUT2D eigenvalue weighted by Gasteiger charge is -2.13. The maximum Gasteiger partial charge on any atom is 0.269 e. The van der Waals surface area contributed by atoms with Crippen LogP contribution in [0.15, 0.2) is 6.07 Å². The van der Waals surface area contributed by atoms with Crippen molar-refractivity contribution in [2.45, 2.75) is 39.2 Å². The average Bonchev–Trinajstić information content (AvgIpc) is 2.67. The zero-order valence-corrected chi connectivity index (χ0v) is 13.4. The Hall–Kier alpha value is -1.07. The number of nitrogens with zero attached hydrogens (tertiary/aromatic N) is 2. The number of nitrogens with one attached hydrogen (secondary N) is 2. The fraction of sp³-hybridized carbons (Fsp3) is 0.692. The molecule has 0 aliphatic rings. The summed E-state index contributed by atoms with van der Waals surface area (Å²) in [5, 5.41) is 10.4. The molecule has 0 radical (unpaired) electrons. The number of carbonyl (C=O) groups excluding carboxylic acids is 1. The first kappa shape index (κ1) is 17.9. The molecule has 1 heterocycles. The minimum atomic E-state index is -0.0809. The summed E-state index contributed by atoms with van der Waals surface area (Å²) < 4.78 is 1.64. The van der Waals surface area contributed by atoms with Crippen LogP contribution in [-0.4, -0.2) is 35.3 Å². The van der Waals surface area contributed by atoms with E-state index in [1.165, 1.54) is 0 Å². The molecule has 1 aromatic heterocycles. The number of hydrogen-bond donors (Lipinski definition) is 2. The van der Waals surface area contributed by atoms with Crippen molar-refractivity contribution < 1.29 is 4.79 Å². The van der Waals surface area contributed by atoms with E-state index in [1.807, 2.05) is 20.0 Å². The summed E-state index contributed by atoms with van der Waals surface area (Å²) >= 11 is 0. The zero-order valence-electron chi connectivity index (χ0n) is 12.6. The van der Waals surface area contributed by atoms with E-state index in [0.717, 1.165) is 5.69 Å². The number of aryl methyl sites for hydroxylation is 1. The zero-order chi connectivity index (χ0) is 13.9. The van der Waals surface area contributed by atoms with Gasteiger partial charge in [0.2, 0.25) is 0 Å². The molecule has 5 nitrogen and oxygen atoms in total. The fourth-order valence-corrected chi connectivity index (χ4v) is 1.48. The molecule has 1 aromatic rings. The summed E-state index contributed by atoms with van der Waals surface area (Å²) in [5.74, 6) is -0.0809. The van der Waals surface area contributed by atoms with E-state index >= 15 is 0 Å². The van der Waals surface area contributed by atoms with Gasteiger partial charge in [-0.3, -0.25) is 9.48 Å². The summed E-state index contributed by atoms with van der Waals surface area (Å²) in [5.41, 5.74) is 1.48. The van der Waals surface area contributed by atoms with Gasteiger partial charge >= 0.3 is 0 Å². The Morgan fingerprint density at radius 3 is 2.47 bits per heavy atom. The van der Waals surface area contributed by atoms with Crippen LogP contribution in [0.4, 0.5) is 0 Å². The quantitative estimate of drug-likeness (QED) is 0.882. The minimum absolute atomic E-state index is 0. The highest BCUT2D eigenvalue weighted by Crippen LogP contribution is 2.21. The summed E-state index contributed by atoms with van der Waals surface area (Å²) in [4.78, 5) is 12.0. The van der Waals surface area contributed by atoms with Crippen molar-refractivity contribution >= 4 is 18.3 Å². The van der Waals surface area contributed by atoms with Gasteiger partial charge in [-0.15, -0.1) is 12.4 Å². The molecule has 6 heteroatoms. The molecule has 1 unspecified atom stereocenters. The van der Waals surface area contributed by atoms with Crippen LogP contribution in [0.3, 0.4) is 0 Å². The average molecular weight is 289 g/mol. The fourth-order valence-electron chi connectivity index (χ4n) is 1.48. The number of rotatable bonds is 4. The van der Waals surface area contributed by atoms with Crippen LogP contribution in [-0.2, 0) is 12.5 Å². The molecule has 110 valence electrons. The van der Waals surface area contributed by atoms with Gasteiger partial charge in [0, 0.05) is 25.0 Å². The molecule has 0 fully saturated rings. The van der Waals surface area contributed by atoms with Gasteiger partial charge in [0.25, 0.3) is 5.91 Å². The van der Waals surface area contributed by atoms with Crippen molar-refractivity contribution in [3.8, 4) is 0 Å². The Bertz CT molecular complexity index is 423. The van der Waals surface area contributed by atoms with E-state index in [9.17, 15) is 4.79 Å². The number of halogens is 1. The van der Waals surface area contributed by atoms with Crippen molar-refractivity contribution in [1.29, 1.82) is 0 Å². The SMILES string of the molecule is CNC(C)CNC(=O)c1cc(C(C)(C)C)nn1C.Cl. The Labute approximate surface area is 121 Å². The van der Waals surface area contributed by atoms with Crippen LogP contribution in [0, 0.1) is 0 Å². The molecule has 1 rings (SSSR count). The molecule has 0 aliphatic carbocycles. The van der Waals surface area contributed by atoms with Crippen LogP contribution < -0.4 is 10.6 Å². The number of carbonyl (C=O) groups is 1. The molecular weight excluding hydrogens is 264 g/mol. The molecule has 0 aromatic carbocycles. The van der Waals surface area contributed by atoms with Gasteiger partial charge in [-0.1, -0.05) is 20.8 Å². The number of amides is 1. The Balaban J connectivity index is 0.00000324. The van der Waals surface area contributed by atoms with Crippen molar-refractivity contribution in [3.63, 3.8) is 0 Å². The lowest BCUT2D eigenvalue weighted by Crippen LogP contribution is -2.37. The second kappa shape index (κ2) is 6.91. The Kier molecular flexibility index (Phi) is 6.52. The topological polar surface area (TPSA) is 58.9 Å². The number of aromatic nitrogens is 2. The minimum Gasteiger partial charge on any atom is -0.349 e. The molecule has 0 saturated heterocycles. The molecule has 0 spiro atoms. The highest BCUT2D eigenvalue weighted by molar-refractivity contribution is 5.92. The molecule has 1 amide bonds. The van der Waals surface area contributed by atoms with Gasteiger partial charge in [-0.05, 0) is 20.0 Å². The van der Waals surface area contributed by atoms with E-state index in [2.05, 4.69) is 36.5 Å². The second-order valence-electron chi connectivity index (χ2n) is 5.69. The van der Waals surface area contributed by atoms with Gasteiger partial charge in [0.05, 0.1) is 5.69 Å². The third kappa shape index (κ3) is 4.84. The molecule has 0 aliphatic heterocycles. The van der Waals surface area contributed by atoms with Crippen LogP contribution >= 0.6 is 12.4 Å². The first-order valence-electron chi connectivity index (χ1n) is 6.25. The van der Waals surface area contributed by atoms with E-state index < -0.39 is 0 Å². The normalized spacial score (nSPS) is 12.7. The van der Waals surface area contributed by atoms with Crippen molar-refractivity contribution in [3.05, 3.63) is 17.5 Å². The van der Waals surface area contributed by atoms with Crippen LogP contribution in [0.5, 0.6) is 0 Å². The lowest BCUT2D eigenvalue weighted by molar-refractivity contribution is 0.0941. The van der Waals surface area contributed by atoms with E-state index in [-0.39, 0.29) is 29.8 Å². The highest BCUT2D eigenvalue weighted by atomic mass is 35.5. The number of likely N-dealkylation sites (N-methyl/N-ethyl adjacent to an activating group) is 1. The van der Waals surface area contributed by atoms with Crippen molar-refractivity contribution in [1.82, 2.24) is 20.4 Å². The molecular formula is C13H25ClN4O. The van der Waals surface area contributed by atoms with Gasteiger partial charge in [0.15, 0.2) is 0 Å². The van der Waals surface area contributed by atoms with Gasteiger partial charge in [-0.2, -0.15) is 5.10 Å². The van der Waals surface area contributed by atoms with Crippen LogP contribution in [0.1, 0.15) is 43.9 Å². The van der Waals surface area contributed by atoms with Crippen LogP contribution in [0.25, 0.3) is 0 Å². The first-order valence-corrected chi connectivity index (χ1v) is 6.25. The summed E-state index contributed by atoms with van der Waals surface area (Å²) in [6, 6.07) is 2.11. The second-order valence-corrected chi connectivity index (χ2v) is 5.69. The summed E-state index contributed by atoms with van der Waals surface area (Å²) in [6.07, 6.45) is 0. The van der Waals surface area contributed by atoms with E-state index in [4.69, 9.17) is 0 Å². The Morgan fingerprint density at radius 2 is 2.05 bits per heavy atom. The van der Waals surface area contributed by atoms with Gasteiger partial charge in [-0.25, -0.2) is 0 Å². The standard InChI is InChI=1S/C13H24N4O.ClH/c1-9(14-5)8-15-12(18)10-7-11(13(2,3)4)16-17(10)6;/h7,9,14H,8H2,1-6H3,(H,15,18);1H. The maximum absolute atomic E-state index is 12.0. The third-order valence-corrected chi connectivity index (χ3v) is 2.94.